The molecular weight excluding hydrogens is 420 g/mol. The fourth-order valence-corrected chi connectivity index (χ4v) is 3.30. The third-order valence-electron chi connectivity index (χ3n) is 5.43. The Kier molecular flexibility index (Phi) is 7.84. The van der Waals surface area contributed by atoms with E-state index in [0.29, 0.717) is 11.6 Å². The first-order valence-electron chi connectivity index (χ1n) is 11.4. The first-order chi connectivity index (χ1) is 16.2. The molecule has 3 aromatic heterocycles. The van der Waals surface area contributed by atoms with Gasteiger partial charge in [0, 0.05) is 28.8 Å². The number of nitrogens with one attached hydrogen (secondary N) is 3. The van der Waals surface area contributed by atoms with Crippen LogP contribution in [0.15, 0.2) is 72.8 Å². The first-order valence-corrected chi connectivity index (χ1v) is 11.4. The Labute approximate surface area is 202 Å². The lowest BCUT2D eigenvalue weighted by atomic mass is 10.0. The number of pyridine rings is 1. The third-order valence-corrected chi connectivity index (χ3v) is 5.43. The molecule has 0 spiro atoms. The van der Waals surface area contributed by atoms with Crippen LogP contribution in [-0.2, 0) is 0 Å². The van der Waals surface area contributed by atoms with E-state index in [1.54, 1.807) is 6.08 Å². The van der Waals surface area contributed by atoms with Crippen molar-refractivity contribution in [2.24, 2.45) is 5.92 Å². The largest absolute Gasteiger partial charge is 0.359 e. The van der Waals surface area contributed by atoms with Gasteiger partial charge in [0.05, 0.1) is 11.1 Å². The van der Waals surface area contributed by atoms with Crippen LogP contribution in [-0.4, -0.2) is 25.1 Å². The van der Waals surface area contributed by atoms with Crippen molar-refractivity contribution in [3.8, 4) is 11.5 Å². The Morgan fingerprint density at radius 2 is 2.00 bits per heavy atom. The highest BCUT2D eigenvalue weighted by molar-refractivity contribution is 5.92. The summed E-state index contributed by atoms with van der Waals surface area (Å²) in [6.07, 6.45) is 13.8. The number of nitrogens with zero attached hydrogens (tertiary/aromatic N) is 3. The van der Waals surface area contributed by atoms with E-state index in [-0.39, 0.29) is 0 Å². The van der Waals surface area contributed by atoms with E-state index in [0.717, 1.165) is 50.8 Å². The highest BCUT2D eigenvalue weighted by Crippen LogP contribution is 2.28. The van der Waals surface area contributed by atoms with E-state index in [2.05, 4.69) is 84.6 Å². The molecule has 34 heavy (non-hydrogen) atoms. The van der Waals surface area contributed by atoms with Gasteiger partial charge in [0.15, 0.2) is 11.5 Å². The number of hydrogen-bond acceptors (Lipinski definition) is 4. The van der Waals surface area contributed by atoms with E-state index in [1.165, 1.54) is 5.57 Å². The molecule has 0 aliphatic rings. The quantitative estimate of drug-likeness (QED) is 0.308. The van der Waals surface area contributed by atoms with E-state index < -0.39 is 0 Å². The minimum atomic E-state index is 0.322. The maximum atomic E-state index is 4.77. The molecule has 0 aromatic carbocycles. The molecule has 6 heteroatoms. The van der Waals surface area contributed by atoms with Crippen LogP contribution in [0.3, 0.4) is 0 Å². The summed E-state index contributed by atoms with van der Waals surface area (Å²) in [5.74, 6) is 1.05. The van der Waals surface area contributed by atoms with Gasteiger partial charge in [-0.15, -0.1) is 0 Å². The molecule has 3 heterocycles. The summed E-state index contributed by atoms with van der Waals surface area (Å²) < 4.78 is 0. The van der Waals surface area contributed by atoms with Crippen molar-refractivity contribution in [1.29, 1.82) is 0 Å². The number of aryl methyl sites for hydroxylation is 1. The Morgan fingerprint density at radius 1 is 1.24 bits per heavy atom. The summed E-state index contributed by atoms with van der Waals surface area (Å²) in [5.41, 5.74) is 8.38. The molecule has 0 saturated carbocycles. The minimum Gasteiger partial charge on any atom is -0.359 e. The van der Waals surface area contributed by atoms with Crippen LogP contribution >= 0.6 is 0 Å². The van der Waals surface area contributed by atoms with E-state index in [1.807, 2.05) is 38.3 Å². The van der Waals surface area contributed by atoms with Gasteiger partial charge in [-0.05, 0) is 63.5 Å². The molecule has 3 N–H and O–H groups in total. The zero-order chi connectivity index (χ0) is 24.8. The molecular formula is C28H34N6. The van der Waals surface area contributed by atoms with Gasteiger partial charge >= 0.3 is 0 Å². The average Bonchev–Trinajstić information content (AvgIpc) is 3.38. The number of H-pyrrole nitrogens is 2. The van der Waals surface area contributed by atoms with Crippen molar-refractivity contribution < 1.29 is 0 Å². The molecule has 0 amide bonds. The Bertz CT molecular complexity index is 1320. The van der Waals surface area contributed by atoms with E-state index >= 15 is 0 Å². The molecule has 0 aliphatic heterocycles. The summed E-state index contributed by atoms with van der Waals surface area (Å²) in [6.45, 7) is 20.4. The van der Waals surface area contributed by atoms with Crippen molar-refractivity contribution >= 4 is 22.7 Å². The molecule has 3 aromatic rings. The van der Waals surface area contributed by atoms with E-state index in [4.69, 9.17) is 4.98 Å². The van der Waals surface area contributed by atoms with Crippen LogP contribution in [0.1, 0.15) is 51.6 Å². The second-order valence-corrected chi connectivity index (χ2v) is 8.75. The first kappa shape index (κ1) is 24.7. The number of aromatic nitrogens is 5. The number of fused-ring (bicyclic) bond motifs is 1. The standard InChI is InChI=1S/C28H34N6/c1-9-21(14-23(10-2)30-19(7)18(5)6)22-15-24-26(33-34-27(24)29-16-22)28-31-20(8)25(32-28)13-11-12-17(3)4/h9-16,18,30H,2,7H2,1,3-6,8H3,(H,31,32)(H,29,33,34)/b13-11-,21-9+,23-14+. The molecule has 0 atom stereocenters. The lowest BCUT2D eigenvalue weighted by Crippen LogP contribution is -2.14. The summed E-state index contributed by atoms with van der Waals surface area (Å²) in [5, 5.41) is 11.7. The van der Waals surface area contributed by atoms with Crippen molar-refractivity contribution in [2.45, 2.75) is 41.5 Å². The fourth-order valence-electron chi connectivity index (χ4n) is 3.30. The maximum absolute atomic E-state index is 4.77. The summed E-state index contributed by atoms with van der Waals surface area (Å²) in [7, 11) is 0. The number of rotatable bonds is 9. The smallest absolute Gasteiger partial charge is 0.181 e. The molecule has 0 aliphatic carbocycles. The molecule has 0 radical (unpaired) electrons. The highest BCUT2D eigenvalue weighted by atomic mass is 15.2. The zero-order valence-electron chi connectivity index (χ0n) is 21.0. The maximum Gasteiger partial charge on any atom is 0.181 e. The van der Waals surface area contributed by atoms with Crippen LogP contribution in [0.2, 0.25) is 0 Å². The van der Waals surface area contributed by atoms with Crippen LogP contribution < -0.4 is 5.32 Å². The van der Waals surface area contributed by atoms with Gasteiger partial charge in [-0.25, -0.2) is 9.97 Å². The Hall–Kier alpha value is -3.93. The van der Waals surface area contributed by atoms with Crippen LogP contribution in [0.5, 0.6) is 0 Å². The lowest BCUT2D eigenvalue weighted by molar-refractivity contribution is 0.710. The van der Waals surface area contributed by atoms with Gasteiger partial charge in [0.25, 0.3) is 0 Å². The predicted molar refractivity (Wildman–Crippen MR) is 144 cm³/mol. The molecule has 176 valence electrons. The molecule has 0 fully saturated rings. The third kappa shape index (κ3) is 5.70. The van der Waals surface area contributed by atoms with Crippen LogP contribution in [0, 0.1) is 12.8 Å². The van der Waals surface area contributed by atoms with Gasteiger partial charge in [-0.1, -0.05) is 50.8 Å². The van der Waals surface area contributed by atoms with Crippen molar-refractivity contribution in [1.82, 2.24) is 30.5 Å². The fraction of sp³-hybridized carbons (Fsp3) is 0.250. The number of aromatic amines is 2. The van der Waals surface area contributed by atoms with Gasteiger partial charge in [-0.2, -0.15) is 5.10 Å². The summed E-state index contributed by atoms with van der Waals surface area (Å²) >= 11 is 0. The number of imidazole rings is 1. The average molecular weight is 455 g/mol. The van der Waals surface area contributed by atoms with Gasteiger partial charge in [0.1, 0.15) is 5.69 Å². The highest BCUT2D eigenvalue weighted by Gasteiger charge is 2.15. The second-order valence-electron chi connectivity index (χ2n) is 8.75. The summed E-state index contributed by atoms with van der Waals surface area (Å²) in [6, 6.07) is 2.08. The Balaban J connectivity index is 1.99. The lowest BCUT2D eigenvalue weighted by Gasteiger charge is -2.14. The zero-order valence-corrected chi connectivity index (χ0v) is 21.0. The van der Waals surface area contributed by atoms with Gasteiger partial charge < -0.3 is 10.3 Å². The van der Waals surface area contributed by atoms with Crippen LogP contribution in [0.4, 0.5) is 0 Å². The van der Waals surface area contributed by atoms with E-state index in [9.17, 15) is 0 Å². The summed E-state index contributed by atoms with van der Waals surface area (Å²) in [4.78, 5) is 12.7. The topological polar surface area (TPSA) is 82.3 Å². The van der Waals surface area contributed by atoms with Crippen molar-refractivity contribution in [3.05, 3.63) is 89.7 Å². The minimum absolute atomic E-state index is 0.322. The number of hydrogen-bond donors (Lipinski definition) is 3. The van der Waals surface area contributed by atoms with Gasteiger partial charge in [0.2, 0.25) is 0 Å². The van der Waals surface area contributed by atoms with Gasteiger partial charge in [-0.3, -0.25) is 5.10 Å². The predicted octanol–water partition coefficient (Wildman–Crippen LogP) is 6.87. The Morgan fingerprint density at radius 3 is 2.65 bits per heavy atom. The monoisotopic (exact) mass is 454 g/mol. The van der Waals surface area contributed by atoms with Crippen molar-refractivity contribution in [2.75, 3.05) is 0 Å². The molecule has 0 saturated heterocycles. The molecule has 6 nitrogen and oxygen atoms in total. The number of allylic oxidation sites excluding steroid dienone is 8. The second kappa shape index (κ2) is 10.8. The SMILES string of the molecule is C=C/C(=C\C(=C/C)c1cnc2n[nH]c(-c3nc(/C=C\C=C(C)C)c(C)[nH]3)c2c1)NC(=C)C(C)C. The molecule has 3 rings (SSSR count). The molecule has 0 unspecified atom stereocenters. The van der Waals surface area contributed by atoms with Crippen molar-refractivity contribution in [3.63, 3.8) is 0 Å². The van der Waals surface area contributed by atoms with Crippen LogP contribution in [0.25, 0.3) is 34.2 Å². The normalized spacial score (nSPS) is 12.6. The molecule has 0 bridgehead atoms.